The minimum Gasteiger partial charge on any atom is -0.496 e. The Labute approximate surface area is 209 Å². The van der Waals surface area contributed by atoms with Crippen molar-refractivity contribution >= 4 is 23.1 Å². The number of aliphatic hydroxyl groups excluding tert-OH is 1. The van der Waals surface area contributed by atoms with E-state index < -0.39 is 12.1 Å². The van der Waals surface area contributed by atoms with E-state index in [-0.39, 0.29) is 24.5 Å². The van der Waals surface area contributed by atoms with Crippen molar-refractivity contribution in [2.75, 3.05) is 14.2 Å². The molecule has 188 valence electrons. The highest BCUT2D eigenvalue weighted by molar-refractivity contribution is 7.07. The summed E-state index contributed by atoms with van der Waals surface area (Å²) in [5.41, 5.74) is 3.36. The van der Waals surface area contributed by atoms with Gasteiger partial charge in [-0.2, -0.15) is 11.3 Å². The van der Waals surface area contributed by atoms with Gasteiger partial charge < -0.3 is 24.3 Å². The highest BCUT2D eigenvalue weighted by Gasteiger charge is 2.24. The van der Waals surface area contributed by atoms with Crippen molar-refractivity contribution in [1.82, 2.24) is 4.57 Å². The lowest BCUT2D eigenvalue weighted by molar-refractivity contribution is -0.136. The molecule has 35 heavy (non-hydrogen) atoms. The molecule has 0 saturated heterocycles. The molecule has 0 spiro atoms. The van der Waals surface area contributed by atoms with Crippen LogP contribution in [0.5, 0.6) is 11.5 Å². The second kappa shape index (κ2) is 12.6. The molecule has 2 unspecified atom stereocenters. The van der Waals surface area contributed by atoms with Gasteiger partial charge >= 0.3 is 5.97 Å². The SMILES string of the molecule is COc1cc(C(O)C(CCCc2ccsc2)Cn2ccc(C(=O)CCC(=O)O)c2)cc(OC)c1C. The minimum absolute atomic E-state index is 0.0327. The van der Waals surface area contributed by atoms with Gasteiger partial charge in [0.25, 0.3) is 0 Å². The molecule has 0 aliphatic heterocycles. The van der Waals surface area contributed by atoms with Crippen LogP contribution in [-0.4, -0.2) is 40.8 Å². The Hall–Kier alpha value is -3.10. The van der Waals surface area contributed by atoms with Crippen LogP contribution in [0.4, 0.5) is 0 Å². The maximum Gasteiger partial charge on any atom is 0.303 e. The molecular formula is C27H33NO6S. The summed E-state index contributed by atoms with van der Waals surface area (Å²) < 4.78 is 12.9. The molecule has 8 heteroatoms. The third kappa shape index (κ3) is 7.19. The molecule has 0 bridgehead atoms. The van der Waals surface area contributed by atoms with Crippen molar-refractivity contribution in [3.63, 3.8) is 0 Å². The van der Waals surface area contributed by atoms with Crippen LogP contribution in [0.2, 0.25) is 0 Å². The number of aliphatic carboxylic acids is 1. The average molecular weight is 500 g/mol. The number of thiophene rings is 1. The second-order valence-electron chi connectivity index (χ2n) is 8.69. The molecule has 0 saturated carbocycles. The molecule has 7 nitrogen and oxygen atoms in total. The lowest BCUT2D eigenvalue weighted by atomic mass is 9.89. The van der Waals surface area contributed by atoms with Crippen molar-refractivity contribution < 1.29 is 29.3 Å². The number of carboxylic acid groups (broad SMARTS) is 1. The van der Waals surface area contributed by atoms with E-state index in [2.05, 4.69) is 16.8 Å². The van der Waals surface area contributed by atoms with Crippen LogP contribution in [0.15, 0.2) is 47.4 Å². The number of hydrogen-bond donors (Lipinski definition) is 2. The zero-order valence-corrected chi connectivity index (χ0v) is 21.2. The number of ether oxygens (including phenoxy) is 2. The standard InChI is InChI=1S/C27H33NO6S/c1-18-24(33-2)13-22(14-25(18)34-3)27(32)21(6-4-5-19-10-12-35-17-19)16-28-11-9-20(15-28)23(29)7-8-26(30)31/h9-15,17,21,27,32H,4-8,16H2,1-3H3,(H,30,31). The Morgan fingerprint density at radius 3 is 2.43 bits per heavy atom. The Kier molecular flexibility index (Phi) is 9.51. The maximum absolute atomic E-state index is 12.3. The van der Waals surface area contributed by atoms with Gasteiger partial charge in [0.1, 0.15) is 11.5 Å². The minimum atomic E-state index is -0.990. The average Bonchev–Trinajstić information content (AvgIpc) is 3.54. The third-order valence-electron chi connectivity index (χ3n) is 6.27. The fraction of sp³-hybridized carbons (Fsp3) is 0.407. The van der Waals surface area contributed by atoms with Gasteiger partial charge in [0.05, 0.1) is 26.7 Å². The first-order valence-electron chi connectivity index (χ1n) is 11.6. The van der Waals surface area contributed by atoms with Crippen molar-refractivity contribution in [2.45, 2.75) is 51.7 Å². The lowest BCUT2D eigenvalue weighted by Gasteiger charge is -2.25. The highest BCUT2D eigenvalue weighted by atomic mass is 32.1. The Morgan fingerprint density at radius 1 is 1.11 bits per heavy atom. The summed E-state index contributed by atoms with van der Waals surface area (Å²) in [6, 6.07) is 7.53. The molecule has 2 heterocycles. The number of carboxylic acids is 1. The van der Waals surface area contributed by atoms with E-state index in [4.69, 9.17) is 14.6 Å². The summed E-state index contributed by atoms with van der Waals surface area (Å²) in [6.07, 6.45) is 5.16. The van der Waals surface area contributed by atoms with Gasteiger partial charge in [0.15, 0.2) is 5.78 Å². The Balaban J connectivity index is 1.80. The maximum atomic E-state index is 12.3. The van der Waals surface area contributed by atoms with Crippen molar-refractivity contribution in [3.8, 4) is 11.5 Å². The predicted molar refractivity (Wildman–Crippen MR) is 136 cm³/mol. The zero-order chi connectivity index (χ0) is 25.4. The van der Waals surface area contributed by atoms with Crippen LogP contribution in [0.25, 0.3) is 0 Å². The normalized spacial score (nSPS) is 12.8. The second-order valence-corrected chi connectivity index (χ2v) is 9.47. The quantitative estimate of drug-likeness (QED) is 0.292. The van der Waals surface area contributed by atoms with Crippen molar-refractivity contribution in [3.05, 3.63) is 69.7 Å². The topological polar surface area (TPSA) is 98.0 Å². The Bertz CT molecular complexity index is 1100. The van der Waals surface area contributed by atoms with Gasteiger partial charge in [0, 0.05) is 42.4 Å². The van der Waals surface area contributed by atoms with Crippen LogP contribution in [-0.2, 0) is 17.8 Å². The summed E-state index contributed by atoms with van der Waals surface area (Å²) in [7, 11) is 3.19. The molecule has 1 aromatic carbocycles. The third-order valence-corrected chi connectivity index (χ3v) is 7.00. The first-order chi connectivity index (χ1) is 16.8. The number of benzene rings is 1. The first kappa shape index (κ1) is 26.5. The summed E-state index contributed by atoms with van der Waals surface area (Å²) in [6.45, 7) is 2.42. The van der Waals surface area contributed by atoms with Crippen LogP contribution < -0.4 is 9.47 Å². The van der Waals surface area contributed by atoms with E-state index in [0.29, 0.717) is 23.6 Å². The monoisotopic (exact) mass is 499 g/mol. The molecule has 0 aliphatic carbocycles. The van der Waals surface area contributed by atoms with Crippen molar-refractivity contribution in [2.24, 2.45) is 5.92 Å². The number of nitrogens with zero attached hydrogens (tertiary/aromatic N) is 1. The van der Waals surface area contributed by atoms with Gasteiger partial charge in [-0.3, -0.25) is 9.59 Å². The summed E-state index contributed by atoms with van der Waals surface area (Å²) in [5.74, 6) is -0.00483. The number of methoxy groups -OCH3 is 2. The fourth-order valence-electron chi connectivity index (χ4n) is 4.26. The molecule has 0 amide bonds. The van der Waals surface area contributed by atoms with Crippen LogP contribution in [0, 0.1) is 12.8 Å². The van der Waals surface area contributed by atoms with E-state index in [1.807, 2.05) is 29.8 Å². The Morgan fingerprint density at radius 2 is 1.83 bits per heavy atom. The van der Waals surface area contributed by atoms with Gasteiger partial charge in [-0.15, -0.1) is 0 Å². The summed E-state index contributed by atoms with van der Waals surface area (Å²) in [4.78, 5) is 23.1. The van der Waals surface area contributed by atoms with Gasteiger partial charge in [0.2, 0.25) is 0 Å². The largest absolute Gasteiger partial charge is 0.496 e. The number of aromatic nitrogens is 1. The predicted octanol–water partition coefficient (Wildman–Crippen LogP) is 5.30. The zero-order valence-electron chi connectivity index (χ0n) is 20.4. The van der Waals surface area contributed by atoms with E-state index >= 15 is 0 Å². The number of Topliss-reactive ketones (excluding diaryl/α,β-unsaturated/α-hetero) is 1. The van der Waals surface area contributed by atoms with Crippen LogP contribution in [0.1, 0.15) is 58.8 Å². The van der Waals surface area contributed by atoms with Gasteiger partial charge in [-0.1, -0.05) is 0 Å². The smallest absolute Gasteiger partial charge is 0.303 e. The molecule has 0 fully saturated rings. The van der Waals surface area contributed by atoms with Crippen LogP contribution >= 0.6 is 11.3 Å². The lowest BCUT2D eigenvalue weighted by Crippen LogP contribution is -2.19. The van der Waals surface area contributed by atoms with E-state index in [1.165, 1.54) is 5.56 Å². The molecule has 3 rings (SSSR count). The molecular weight excluding hydrogens is 466 g/mol. The van der Waals surface area contributed by atoms with Crippen molar-refractivity contribution in [1.29, 1.82) is 0 Å². The molecule has 0 radical (unpaired) electrons. The van der Waals surface area contributed by atoms with Gasteiger partial charge in [-0.05, 0) is 72.3 Å². The number of ketones is 1. The van der Waals surface area contributed by atoms with E-state index in [0.717, 1.165) is 30.4 Å². The van der Waals surface area contributed by atoms with E-state index in [1.54, 1.807) is 37.8 Å². The molecule has 2 aromatic heterocycles. The molecule has 3 aromatic rings. The molecule has 2 N–H and O–H groups in total. The first-order valence-corrected chi connectivity index (χ1v) is 12.6. The number of aliphatic hydroxyl groups is 1. The number of rotatable bonds is 14. The van der Waals surface area contributed by atoms with Gasteiger partial charge in [-0.25, -0.2) is 0 Å². The number of carbonyl (C=O) groups is 2. The van der Waals surface area contributed by atoms with E-state index in [9.17, 15) is 14.7 Å². The molecule has 2 atom stereocenters. The molecule has 0 aliphatic rings. The highest BCUT2D eigenvalue weighted by Crippen LogP contribution is 2.36. The van der Waals surface area contributed by atoms with Crippen LogP contribution in [0.3, 0.4) is 0 Å². The summed E-state index contributed by atoms with van der Waals surface area (Å²) in [5, 5.41) is 24.5. The summed E-state index contributed by atoms with van der Waals surface area (Å²) >= 11 is 1.67. The number of hydrogen-bond acceptors (Lipinski definition) is 6. The number of carbonyl (C=O) groups excluding carboxylic acids is 1. The number of aryl methyl sites for hydroxylation is 1. The fourth-order valence-corrected chi connectivity index (χ4v) is 4.96.